The van der Waals surface area contributed by atoms with Crippen LogP contribution in [0.15, 0.2) is 18.2 Å². The van der Waals surface area contributed by atoms with Crippen LogP contribution in [0.25, 0.3) is 0 Å². The van der Waals surface area contributed by atoms with Gasteiger partial charge in [-0.15, -0.1) is 0 Å². The zero-order chi connectivity index (χ0) is 16.4. The molecule has 1 aromatic rings. The topological polar surface area (TPSA) is 65.1 Å². The predicted octanol–water partition coefficient (Wildman–Crippen LogP) is 0.344. The van der Waals surface area contributed by atoms with Crippen molar-refractivity contribution in [3.63, 3.8) is 0 Å². The number of fused-ring (bicyclic) bond motifs is 1. The monoisotopic (exact) mass is 338 g/mol. The third-order valence-corrected chi connectivity index (χ3v) is 4.16. The molecule has 3 rings (SSSR count). The van der Waals surface area contributed by atoms with E-state index in [0.29, 0.717) is 16.5 Å². The fourth-order valence-electron chi connectivity index (χ4n) is 2.66. The number of carbonyl (C=O) groups is 2. The van der Waals surface area contributed by atoms with Gasteiger partial charge in [0.15, 0.2) is 5.75 Å². The highest BCUT2D eigenvalue weighted by Gasteiger charge is 2.26. The Morgan fingerprint density at radius 3 is 2.78 bits per heavy atom. The van der Waals surface area contributed by atoms with Crippen molar-refractivity contribution in [2.45, 2.75) is 0 Å². The van der Waals surface area contributed by atoms with Crippen molar-refractivity contribution in [1.82, 2.24) is 15.3 Å². The van der Waals surface area contributed by atoms with E-state index < -0.39 is 0 Å². The molecule has 1 amide bonds. The first-order chi connectivity index (χ1) is 11.0. The molecular weight excluding hydrogens is 320 g/mol. The Bertz CT molecular complexity index is 617. The van der Waals surface area contributed by atoms with Crippen molar-refractivity contribution >= 4 is 29.2 Å². The van der Waals surface area contributed by atoms with Gasteiger partial charge in [-0.1, -0.05) is 11.6 Å². The first-order valence-electron chi connectivity index (χ1n) is 7.49. The summed E-state index contributed by atoms with van der Waals surface area (Å²) in [6.45, 7) is 3.50. The molecule has 1 fully saturated rings. The molecular formula is C15H19ClN4O3. The molecule has 8 heteroatoms. The number of halogens is 1. The molecule has 1 saturated heterocycles. The number of esters is 1. The Morgan fingerprint density at radius 2 is 2.04 bits per heavy atom. The molecule has 1 N–H and O–H groups in total. The molecule has 0 aromatic heterocycles. The number of nitrogens with zero attached hydrogens (tertiary/aromatic N) is 3. The van der Waals surface area contributed by atoms with E-state index in [1.807, 2.05) is 5.01 Å². The van der Waals surface area contributed by atoms with E-state index in [0.717, 1.165) is 26.2 Å². The summed E-state index contributed by atoms with van der Waals surface area (Å²) >= 11 is 6.00. The average Bonchev–Trinajstić information content (AvgIpc) is 2.50. The van der Waals surface area contributed by atoms with Crippen LogP contribution >= 0.6 is 11.6 Å². The predicted molar refractivity (Wildman–Crippen MR) is 86.5 cm³/mol. The fraction of sp³-hybridized carbons (Fsp3) is 0.467. The minimum atomic E-state index is -0.382. The van der Waals surface area contributed by atoms with E-state index >= 15 is 0 Å². The second kappa shape index (κ2) is 6.74. The van der Waals surface area contributed by atoms with Gasteiger partial charge in [0.05, 0.1) is 12.2 Å². The Balaban J connectivity index is 1.64. The Labute approximate surface area is 139 Å². The van der Waals surface area contributed by atoms with Gasteiger partial charge in [0.1, 0.15) is 6.54 Å². The van der Waals surface area contributed by atoms with Crippen LogP contribution in [0.5, 0.6) is 5.75 Å². The SMILES string of the molecule is CN1CCN(NC(=O)CN2CC(=O)Oc3ccc(Cl)cc32)CC1. The molecule has 23 heavy (non-hydrogen) atoms. The molecule has 2 heterocycles. The van der Waals surface area contributed by atoms with Gasteiger partial charge >= 0.3 is 5.97 Å². The van der Waals surface area contributed by atoms with Crippen LogP contribution in [0, 0.1) is 0 Å². The summed E-state index contributed by atoms with van der Waals surface area (Å²) in [5.41, 5.74) is 3.55. The minimum absolute atomic E-state index is 0.0312. The van der Waals surface area contributed by atoms with Gasteiger partial charge in [-0.3, -0.25) is 10.2 Å². The lowest BCUT2D eigenvalue weighted by Crippen LogP contribution is -2.54. The number of carbonyl (C=O) groups excluding carboxylic acids is 2. The van der Waals surface area contributed by atoms with Gasteiger partial charge in [-0.05, 0) is 25.2 Å². The van der Waals surface area contributed by atoms with Crippen LogP contribution in [0.2, 0.25) is 5.02 Å². The maximum Gasteiger partial charge on any atom is 0.331 e. The van der Waals surface area contributed by atoms with E-state index in [2.05, 4.69) is 17.4 Å². The molecule has 0 atom stereocenters. The molecule has 7 nitrogen and oxygen atoms in total. The maximum atomic E-state index is 12.3. The second-order valence-electron chi connectivity index (χ2n) is 5.77. The van der Waals surface area contributed by atoms with Gasteiger partial charge in [0.25, 0.3) is 5.91 Å². The van der Waals surface area contributed by atoms with Crippen molar-refractivity contribution in [2.75, 3.05) is 51.2 Å². The third-order valence-electron chi connectivity index (χ3n) is 3.93. The Kier molecular flexibility index (Phi) is 4.70. The third kappa shape index (κ3) is 3.93. The number of anilines is 1. The van der Waals surface area contributed by atoms with Gasteiger partial charge in [0.2, 0.25) is 0 Å². The van der Waals surface area contributed by atoms with Gasteiger partial charge < -0.3 is 14.5 Å². The summed E-state index contributed by atoms with van der Waals surface area (Å²) in [5, 5.41) is 2.44. The number of hydrogen-bond acceptors (Lipinski definition) is 6. The number of hydrogen-bond donors (Lipinski definition) is 1. The zero-order valence-electron chi connectivity index (χ0n) is 12.9. The fourth-order valence-corrected chi connectivity index (χ4v) is 2.83. The van der Waals surface area contributed by atoms with E-state index in [4.69, 9.17) is 16.3 Å². The standard InChI is InChI=1S/C15H19ClN4O3/c1-18-4-6-20(7-5-18)17-14(21)9-19-10-15(22)23-13-3-2-11(16)8-12(13)19/h2-3,8H,4-7,9-10H2,1H3,(H,17,21). The number of amides is 1. The summed E-state index contributed by atoms with van der Waals surface area (Å²) in [4.78, 5) is 27.8. The maximum absolute atomic E-state index is 12.3. The Hall–Kier alpha value is -1.83. The number of likely N-dealkylation sites (N-methyl/N-ethyl adjacent to an activating group) is 1. The summed E-state index contributed by atoms with van der Waals surface area (Å²) in [5.74, 6) is -0.111. The molecule has 1 aromatic carbocycles. The van der Waals surface area contributed by atoms with Gasteiger partial charge in [0, 0.05) is 31.2 Å². The van der Waals surface area contributed by atoms with E-state index in [9.17, 15) is 9.59 Å². The minimum Gasteiger partial charge on any atom is -0.423 e. The van der Waals surface area contributed by atoms with Crippen molar-refractivity contribution in [2.24, 2.45) is 0 Å². The number of benzene rings is 1. The summed E-state index contributed by atoms with van der Waals surface area (Å²) in [6, 6.07) is 4.99. The first-order valence-corrected chi connectivity index (χ1v) is 7.87. The average molecular weight is 339 g/mol. The van der Waals surface area contributed by atoms with Gasteiger partial charge in [-0.2, -0.15) is 0 Å². The molecule has 0 radical (unpaired) electrons. The summed E-state index contributed by atoms with van der Waals surface area (Å²) < 4.78 is 5.17. The molecule has 0 bridgehead atoms. The largest absolute Gasteiger partial charge is 0.423 e. The number of ether oxygens (including phenoxy) is 1. The number of piperazine rings is 1. The molecule has 0 unspecified atom stereocenters. The number of rotatable bonds is 3. The first kappa shape index (κ1) is 16.0. The van der Waals surface area contributed by atoms with Crippen LogP contribution in [0.3, 0.4) is 0 Å². The zero-order valence-corrected chi connectivity index (χ0v) is 13.7. The molecule has 2 aliphatic rings. The van der Waals surface area contributed by atoms with Crippen LogP contribution in [-0.4, -0.2) is 68.1 Å². The van der Waals surface area contributed by atoms with Gasteiger partial charge in [-0.25, -0.2) is 9.80 Å². The van der Waals surface area contributed by atoms with Crippen LogP contribution < -0.4 is 15.1 Å². The highest BCUT2D eigenvalue weighted by atomic mass is 35.5. The quantitative estimate of drug-likeness (QED) is 0.633. The lowest BCUT2D eigenvalue weighted by Gasteiger charge is -2.34. The lowest BCUT2D eigenvalue weighted by atomic mass is 10.2. The second-order valence-corrected chi connectivity index (χ2v) is 6.20. The highest BCUT2D eigenvalue weighted by molar-refractivity contribution is 6.31. The summed E-state index contributed by atoms with van der Waals surface area (Å²) in [6.07, 6.45) is 0. The molecule has 124 valence electrons. The van der Waals surface area contributed by atoms with Crippen molar-refractivity contribution in [3.8, 4) is 5.75 Å². The normalized spacial score (nSPS) is 19.2. The molecule has 2 aliphatic heterocycles. The van der Waals surface area contributed by atoms with Crippen molar-refractivity contribution in [1.29, 1.82) is 0 Å². The number of hydrazine groups is 1. The Morgan fingerprint density at radius 1 is 1.30 bits per heavy atom. The van der Waals surface area contributed by atoms with Crippen LogP contribution in [0.4, 0.5) is 5.69 Å². The summed E-state index contributed by atoms with van der Waals surface area (Å²) in [7, 11) is 2.05. The smallest absolute Gasteiger partial charge is 0.331 e. The number of nitrogens with one attached hydrogen (secondary N) is 1. The van der Waals surface area contributed by atoms with E-state index in [1.165, 1.54) is 0 Å². The highest BCUT2D eigenvalue weighted by Crippen LogP contribution is 2.34. The van der Waals surface area contributed by atoms with Crippen molar-refractivity contribution in [3.05, 3.63) is 23.2 Å². The molecule has 0 spiro atoms. The van der Waals surface area contributed by atoms with Crippen LogP contribution in [0.1, 0.15) is 0 Å². The van der Waals surface area contributed by atoms with Crippen LogP contribution in [-0.2, 0) is 9.59 Å². The lowest BCUT2D eigenvalue weighted by molar-refractivity contribution is -0.133. The molecule has 0 aliphatic carbocycles. The van der Waals surface area contributed by atoms with E-state index in [1.54, 1.807) is 23.1 Å². The van der Waals surface area contributed by atoms with Crippen molar-refractivity contribution < 1.29 is 14.3 Å². The molecule has 0 saturated carbocycles. The van der Waals surface area contributed by atoms with E-state index in [-0.39, 0.29) is 25.0 Å².